The second-order valence-electron chi connectivity index (χ2n) is 3.99. The lowest BCUT2D eigenvalue weighted by Gasteiger charge is -2.14. The molecule has 0 saturated heterocycles. The van der Waals surface area contributed by atoms with Gasteiger partial charge in [-0.2, -0.15) is 0 Å². The first-order valence-corrected chi connectivity index (χ1v) is 6.03. The summed E-state index contributed by atoms with van der Waals surface area (Å²) in [5.41, 5.74) is 0. The fourth-order valence-electron chi connectivity index (χ4n) is 1.80. The molecule has 3 heteroatoms. The molecule has 94 valence electrons. The number of esters is 1. The number of hydrogen-bond donors (Lipinski definition) is 0. The van der Waals surface area contributed by atoms with Gasteiger partial charge in [-0.1, -0.05) is 36.4 Å². The molecule has 0 spiro atoms. The maximum atomic E-state index is 11.5. The summed E-state index contributed by atoms with van der Waals surface area (Å²) in [6.45, 7) is 3.84. The van der Waals surface area contributed by atoms with Crippen LogP contribution in [0.1, 0.15) is 13.8 Å². The van der Waals surface area contributed by atoms with Crippen molar-refractivity contribution in [2.45, 2.75) is 20.0 Å². The third kappa shape index (κ3) is 2.62. The van der Waals surface area contributed by atoms with Gasteiger partial charge in [-0.15, -0.1) is 0 Å². The molecule has 0 aromatic heterocycles. The molecule has 0 aliphatic heterocycles. The van der Waals surface area contributed by atoms with Crippen LogP contribution in [0.15, 0.2) is 42.5 Å². The average molecular weight is 244 g/mol. The lowest BCUT2D eigenvalue weighted by molar-refractivity contribution is -0.150. The molecule has 0 aliphatic carbocycles. The standard InChI is InChI=1S/C15H16O3/c1-3-17-15(16)11(2)18-14-10-6-8-12-7-4-5-9-13(12)14/h4-11H,3H2,1-2H3. The molecule has 3 nitrogen and oxygen atoms in total. The molecule has 0 saturated carbocycles. The molecule has 0 amide bonds. The SMILES string of the molecule is CCOC(=O)C(C)Oc1cccc2ccccc12. The van der Waals surface area contributed by atoms with Gasteiger partial charge < -0.3 is 9.47 Å². The quantitative estimate of drug-likeness (QED) is 0.775. The smallest absolute Gasteiger partial charge is 0.347 e. The number of fused-ring (bicyclic) bond motifs is 1. The van der Waals surface area contributed by atoms with Crippen LogP contribution in [0.3, 0.4) is 0 Å². The maximum absolute atomic E-state index is 11.5. The van der Waals surface area contributed by atoms with E-state index in [0.29, 0.717) is 12.4 Å². The second kappa shape index (κ2) is 5.54. The van der Waals surface area contributed by atoms with E-state index in [0.717, 1.165) is 10.8 Å². The number of carbonyl (C=O) groups excluding carboxylic acids is 1. The molecule has 2 rings (SSSR count). The van der Waals surface area contributed by atoms with Crippen LogP contribution in [-0.4, -0.2) is 18.7 Å². The maximum Gasteiger partial charge on any atom is 0.347 e. The second-order valence-corrected chi connectivity index (χ2v) is 3.99. The first-order valence-electron chi connectivity index (χ1n) is 6.03. The van der Waals surface area contributed by atoms with Gasteiger partial charge in [0.05, 0.1) is 6.61 Å². The predicted octanol–water partition coefficient (Wildman–Crippen LogP) is 3.17. The van der Waals surface area contributed by atoms with E-state index in [-0.39, 0.29) is 5.97 Å². The average Bonchev–Trinajstić information content (AvgIpc) is 2.39. The highest BCUT2D eigenvalue weighted by atomic mass is 16.6. The Bertz CT molecular complexity index is 543. The Kier molecular flexibility index (Phi) is 3.82. The number of carbonyl (C=O) groups is 1. The highest BCUT2D eigenvalue weighted by molar-refractivity contribution is 5.88. The zero-order valence-electron chi connectivity index (χ0n) is 10.6. The summed E-state index contributed by atoms with van der Waals surface area (Å²) in [6, 6.07) is 13.7. The number of ether oxygens (including phenoxy) is 2. The third-order valence-corrected chi connectivity index (χ3v) is 2.67. The molecule has 0 bridgehead atoms. The van der Waals surface area contributed by atoms with Gasteiger partial charge in [-0.25, -0.2) is 4.79 Å². The fraction of sp³-hybridized carbons (Fsp3) is 0.267. The van der Waals surface area contributed by atoms with Crippen LogP contribution in [-0.2, 0) is 9.53 Å². The summed E-state index contributed by atoms with van der Waals surface area (Å²) >= 11 is 0. The summed E-state index contributed by atoms with van der Waals surface area (Å²) < 4.78 is 10.6. The van der Waals surface area contributed by atoms with Crippen molar-refractivity contribution >= 4 is 16.7 Å². The highest BCUT2D eigenvalue weighted by Crippen LogP contribution is 2.26. The number of rotatable bonds is 4. The highest BCUT2D eigenvalue weighted by Gasteiger charge is 2.16. The molecule has 2 aromatic carbocycles. The van der Waals surface area contributed by atoms with Crippen molar-refractivity contribution in [3.63, 3.8) is 0 Å². The molecule has 1 unspecified atom stereocenters. The summed E-state index contributed by atoms with van der Waals surface area (Å²) in [6.07, 6.45) is -0.601. The molecule has 0 heterocycles. The Morgan fingerprint density at radius 1 is 1.17 bits per heavy atom. The predicted molar refractivity (Wildman–Crippen MR) is 70.7 cm³/mol. The van der Waals surface area contributed by atoms with Crippen molar-refractivity contribution in [2.75, 3.05) is 6.61 Å². The monoisotopic (exact) mass is 244 g/mol. The Morgan fingerprint density at radius 3 is 2.67 bits per heavy atom. The summed E-state index contributed by atoms with van der Waals surface area (Å²) in [4.78, 5) is 11.5. The topological polar surface area (TPSA) is 35.5 Å². The largest absolute Gasteiger partial charge is 0.478 e. The zero-order valence-corrected chi connectivity index (χ0v) is 10.6. The van der Waals surface area contributed by atoms with Crippen molar-refractivity contribution in [3.05, 3.63) is 42.5 Å². The van der Waals surface area contributed by atoms with Gasteiger partial charge in [0.2, 0.25) is 0 Å². The van der Waals surface area contributed by atoms with Crippen LogP contribution in [0.2, 0.25) is 0 Å². The van der Waals surface area contributed by atoms with Gasteiger partial charge in [0.1, 0.15) is 5.75 Å². The van der Waals surface area contributed by atoms with E-state index >= 15 is 0 Å². The van der Waals surface area contributed by atoms with Gasteiger partial charge in [-0.3, -0.25) is 0 Å². The normalized spacial score (nSPS) is 12.1. The van der Waals surface area contributed by atoms with Crippen LogP contribution in [0.4, 0.5) is 0 Å². The van der Waals surface area contributed by atoms with Crippen molar-refractivity contribution in [1.29, 1.82) is 0 Å². The summed E-state index contributed by atoms with van der Waals surface area (Å²) in [7, 11) is 0. The van der Waals surface area contributed by atoms with E-state index in [1.807, 2.05) is 42.5 Å². The first kappa shape index (κ1) is 12.4. The summed E-state index contributed by atoms with van der Waals surface area (Å²) in [5.74, 6) is 0.360. The molecule has 0 radical (unpaired) electrons. The Morgan fingerprint density at radius 2 is 1.89 bits per heavy atom. The molecular formula is C15H16O3. The number of hydrogen-bond acceptors (Lipinski definition) is 3. The van der Waals surface area contributed by atoms with E-state index in [2.05, 4.69) is 0 Å². The molecule has 0 N–H and O–H groups in total. The minimum Gasteiger partial charge on any atom is -0.478 e. The Labute approximate surface area is 106 Å². The van der Waals surface area contributed by atoms with Crippen LogP contribution in [0.25, 0.3) is 10.8 Å². The van der Waals surface area contributed by atoms with E-state index in [1.54, 1.807) is 13.8 Å². The van der Waals surface area contributed by atoms with Gasteiger partial charge in [0, 0.05) is 5.39 Å². The number of benzene rings is 2. The molecule has 0 fully saturated rings. The molecule has 2 aromatic rings. The van der Waals surface area contributed by atoms with Gasteiger partial charge in [0.15, 0.2) is 6.10 Å². The third-order valence-electron chi connectivity index (χ3n) is 2.67. The van der Waals surface area contributed by atoms with Crippen LogP contribution in [0, 0.1) is 0 Å². The van der Waals surface area contributed by atoms with Crippen LogP contribution < -0.4 is 4.74 Å². The van der Waals surface area contributed by atoms with E-state index < -0.39 is 6.10 Å². The van der Waals surface area contributed by atoms with Crippen molar-refractivity contribution < 1.29 is 14.3 Å². The van der Waals surface area contributed by atoms with E-state index in [1.165, 1.54) is 0 Å². The molecule has 0 aliphatic rings. The lowest BCUT2D eigenvalue weighted by atomic mass is 10.1. The van der Waals surface area contributed by atoms with E-state index in [4.69, 9.17) is 9.47 Å². The van der Waals surface area contributed by atoms with Crippen LogP contribution in [0.5, 0.6) is 5.75 Å². The van der Waals surface area contributed by atoms with Crippen molar-refractivity contribution in [3.8, 4) is 5.75 Å². The van der Waals surface area contributed by atoms with Gasteiger partial charge >= 0.3 is 5.97 Å². The Hall–Kier alpha value is -2.03. The molecule has 1 atom stereocenters. The Balaban J connectivity index is 2.24. The fourth-order valence-corrected chi connectivity index (χ4v) is 1.80. The van der Waals surface area contributed by atoms with Gasteiger partial charge in [0.25, 0.3) is 0 Å². The minimum absolute atomic E-state index is 0.342. The lowest BCUT2D eigenvalue weighted by Crippen LogP contribution is -2.26. The van der Waals surface area contributed by atoms with Crippen molar-refractivity contribution in [1.82, 2.24) is 0 Å². The van der Waals surface area contributed by atoms with Crippen LogP contribution >= 0.6 is 0 Å². The molecular weight excluding hydrogens is 228 g/mol. The summed E-state index contributed by atoms with van der Waals surface area (Å²) in [5, 5.41) is 2.09. The zero-order chi connectivity index (χ0) is 13.0. The van der Waals surface area contributed by atoms with E-state index in [9.17, 15) is 4.79 Å². The van der Waals surface area contributed by atoms with Gasteiger partial charge in [-0.05, 0) is 25.3 Å². The first-order chi connectivity index (χ1) is 8.72. The van der Waals surface area contributed by atoms with Crippen molar-refractivity contribution in [2.24, 2.45) is 0 Å². The molecule has 18 heavy (non-hydrogen) atoms. The minimum atomic E-state index is -0.601.